The molecule has 3 aromatic rings. The molecule has 0 spiro atoms. The third-order valence-electron chi connectivity index (χ3n) is 5.70. The fourth-order valence-electron chi connectivity index (χ4n) is 3.65. The molecule has 12 heteroatoms. The molecule has 2 heterocycles. The average molecular weight is 563 g/mol. The number of carbonyl (C=O) groups is 1. The maximum absolute atomic E-state index is 13.8. The second-order valence-corrected chi connectivity index (χ2v) is 13.6. The van der Waals surface area contributed by atoms with Crippen LogP contribution in [0.15, 0.2) is 51.7 Å². The summed E-state index contributed by atoms with van der Waals surface area (Å²) in [5.41, 5.74) is 1.12. The van der Waals surface area contributed by atoms with Crippen LogP contribution in [-0.4, -0.2) is 50.0 Å². The number of rotatable bonds is 8. The van der Waals surface area contributed by atoms with E-state index in [1.165, 1.54) is 34.9 Å². The molecule has 1 atom stereocenters. The standard InChI is InChI=1S/C25H30N4O5S3/c1-6-13-35-24-28-27-23(36-24)26-22(30)21-15-29(37(31,32)18-10-8-17(33-5)9-11-18)19-14-16(25(2,3)4)7-12-20(19)34-21/h7-12,14,21H,6,13,15H2,1-5H3,(H,26,27,30)/t21-/m0/s1. The van der Waals surface area contributed by atoms with E-state index in [0.717, 1.165) is 22.1 Å². The van der Waals surface area contributed by atoms with Crippen LogP contribution < -0.4 is 19.1 Å². The Kier molecular flexibility index (Phi) is 8.00. The van der Waals surface area contributed by atoms with Crippen LogP contribution in [0.2, 0.25) is 0 Å². The van der Waals surface area contributed by atoms with Gasteiger partial charge in [0.1, 0.15) is 11.5 Å². The highest BCUT2D eigenvalue weighted by Gasteiger charge is 2.38. The van der Waals surface area contributed by atoms with Crippen LogP contribution >= 0.6 is 23.1 Å². The van der Waals surface area contributed by atoms with Crippen LogP contribution in [0.4, 0.5) is 10.8 Å². The molecule has 1 amide bonds. The molecule has 0 bridgehead atoms. The Labute approximate surface area is 225 Å². The summed E-state index contributed by atoms with van der Waals surface area (Å²) >= 11 is 2.84. The smallest absolute Gasteiger partial charge is 0.269 e. The summed E-state index contributed by atoms with van der Waals surface area (Å²) in [4.78, 5) is 13.3. The van der Waals surface area contributed by atoms with Gasteiger partial charge in [0.2, 0.25) is 5.13 Å². The van der Waals surface area contributed by atoms with Crippen molar-refractivity contribution in [1.29, 1.82) is 0 Å². The highest BCUT2D eigenvalue weighted by Crippen LogP contribution is 2.40. The molecular weight excluding hydrogens is 532 g/mol. The predicted molar refractivity (Wildman–Crippen MR) is 147 cm³/mol. The highest BCUT2D eigenvalue weighted by molar-refractivity contribution is 8.01. The predicted octanol–water partition coefficient (Wildman–Crippen LogP) is 4.94. The van der Waals surface area contributed by atoms with Crippen molar-refractivity contribution in [2.75, 3.05) is 29.0 Å². The minimum atomic E-state index is -4.02. The first-order chi connectivity index (χ1) is 17.5. The Bertz CT molecular complexity index is 1370. The van der Waals surface area contributed by atoms with Crippen molar-refractivity contribution < 1.29 is 22.7 Å². The van der Waals surface area contributed by atoms with Gasteiger partial charge in [-0.15, -0.1) is 10.2 Å². The molecule has 4 rings (SSSR count). The van der Waals surface area contributed by atoms with E-state index in [2.05, 4.69) is 22.4 Å². The largest absolute Gasteiger partial charge is 0.497 e. The quantitative estimate of drug-likeness (QED) is 0.304. The first kappa shape index (κ1) is 27.2. The minimum absolute atomic E-state index is 0.0863. The van der Waals surface area contributed by atoms with Crippen molar-refractivity contribution in [3.8, 4) is 11.5 Å². The number of benzene rings is 2. The number of thioether (sulfide) groups is 1. The van der Waals surface area contributed by atoms with E-state index in [1.807, 2.05) is 32.9 Å². The number of aromatic nitrogens is 2. The molecule has 0 saturated heterocycles. The molecule has 1 aliphatic rings. The Morgan fingerprint density at radius 2 is 1.95 bits per heavy atom. The lowest BCUT2D eigenvalue weighted by Gasteiger charge is -2.35. The molecular formula is C25H30N4O5S3. The third-order valence-corrected chi connectivity index (χ3v) is 9.67. The van der Waals surface area contributed by atoms with Gasteiger partial charge in [-0.3, -0.25) is 14.4 Å². The second kappa shape index (κ2) is 10.9. The fraction of sp³-hybridized carbons (Fsp3) is 0.400. The lowest BCUT2D eigenvalue weighted by Crippen LogP contribution is -2.49. The number of nitrogens with zero attached hydrogens (tertiary/aromatic N) is 3. The summed E-state index contributed by atoms with van der Waals surface area (Å²) in [6.07, 6.45) is -0.0897. The number of carbonyl (C=O) groups excluding carboxylic acids is 1. The summed E-state index contributed by atoms with van der Waals surface area (Å²) in [5, 5.41) is 11.2. The van der Waals surface area contributed by atoms with Gasteiger partial charge in [-0.2, -0.15) is 0 Å². The normalized spacial score (nSPS) is 15.6. The monoisotopic (exact) mass is 562 g/mol. The van der Waals surface area contributed by atoms with Gasteiger partial charge in [0.15, 0.2) is 10.4 Å². The first-order valence-corrected chi connectivity index (χ1v) is 15.0. The summed E-state index contributed by atoms with van der Waals surface area (Å²) in [7, 11) is -2.50. The zero-order chi connectivity index (χ0) is 26.8. The second-order valence-electron chi connectivity index (χ2n) is 9.46. The van der Waals surface area contributed by atoms with E-state index in [1.54, 1.807) is 30.0 Å². The van der Waals surface area contributed by atoms with Crippen LogP contribution in [0.3, 0.4) is 0 Å². The fourth-order valence-corrected chi connectivity index (χ4v) is 6.80. The Morgan fingerprint density at radius 3 is 2.59 bits per heavy atom. The summed E-state index contributed by atoms with van der Waals surface area (Å²) < 4.78 is 40.8. The van der Waals surface area contributed by atoms with Gasteiger partial charge < -0.3 is 9.47 Å². The molecule has 9 nitrogen and oxygen atoms in total. The van der Waals surface area contributed by atoms with Crippen molar-refractivity contribution >= 4 is 49.8 Å². The minimum Gasteiger partial charge on any atom is -0.497 e. The molecule has 0 saturated carbocycles. The Morgan fingerprint density at radius 1 is 1.22 bits per heavy atom. The first-order valence-electron chi connectivity index (χ1n) is 11.8. The van der Waals surface area contributed by atoms with Gasteiger partial charge >= 0.3 is 0 Å². The number of fused-ring (bicyclic) bond motifs is 1. The highest BCUT2D eigenvalue weighted by atomic mass is 32.2. The lowest BCUT2D eigenvalue weighted by atomic mass is 9.86. The van der Waals surface area contributed by atoms with E-state index < -0.39 is 22.0 Å². The van der Waals surface area contributed by atoms with E-state index in [9.17, 15) is 13.2 Å². The SMILES string of the molecule is CCCSc1nnc(NC(=O)[C@@H]2CN(S(=O)(=O)c3ccc(OC)cc3)c3cc(C(C)(C)C)ccc3O2)s1. The van der Waals surface area contributed by atoms with Crippen molar-refractivity contribution in [3.05, 3.63) is 48.0 Å². The van der Waals surface area contributed by atoms with Crippen molar-refractivity contribution in [2.24, 2.45) is 0 Å². The number of hydrogen-bond acceptors (Lipinski definition) is 9. The van der Waals surface area contributed by atoms with Crippen molar-refractivity contribution in [3.63, 3.8) is 0 Å². The van der Waals surface area contributed by atoms with Gasteiger partial charge in [0.05, 0.1) is 24.2 Å². The summed E-state index contributed by atoms with van der Waals surface area (Å²) in [5.74, 6) is 1.26. The maximum Gasteiger partial charge on any atom is 0.269 e. The van der Waals surface area contributed by atoms with Crippen molar-refractivity contribution in [1.82, 2.24) is 10.2 Å². The third kappa shape index (κ3) is 6.02. The Hall–Kier alpha value is -2.83. The number of methoxy groups -OCH3 is 1. The number of hydrogen-bond donors (Lipinski definition) is 1. The van der Waals surface area contributed by atoms with Gasteiger partial charge in [-0.25, -0.2) is 8.42 Å². The summed E-state index contributed by atoms with van der Waals surface area (Å²) in [6, 6.07) is 11.6. The number of amides is 1. The van der Waals surface area contributed by atoms with Crippen LogP contribution in [0, 0.1) is 0 Å². The van der Waals surface area contributed by atoms with Crippen LogP contribution in [0.1, 0.15) is 39.7 Å². The van der Waals surface area contributed by atoms with Crippen LogP contribution in [-0.2, 0) is 20.2 Å². The molecule has 0 aliphatic carbocycles. The Balaban J connectivity index is 1.67. The van der Waals surface area contributed by atoms with Crippen LogP contribution in [0.25, 0.3) is 0 Å². The molecule has 198 valence electrons. The zero-order valence-corrected chi connectivity index (χ0v) is 23.8. The maximum atomic E-state index is 13.8. The van der Waals surface area contributed by atoms with E-state index >= 15 is 0 Å². The zero-order valence-electron chi connectivity index (χ0n) is 21.3. The molecule has 37 heavy (non-hydrogen) atoms. The number of ether oxygens (including phenoxy) is 2. The number of sulfonamides is 1. The van der Waals surface area contributed by atoms with Gasteiger partial charge in [0, 0.05) is 5.75 Å². The number of anilines is 2. The van der Waals surface area contributed by atoms with Gasteiger partial charge in [-0.1, -0.05) is 56.9 Å². The molecule has 0 fully saturated rings. The molecule has 0 unspecified atom stereocenters. The van der Waals surface area contributed by atoms with Crippen molar-refractivity contribution in [2.45, 2.75) is 54.9 Å². The average Bonchev–Trinajstić information content (AvgIpc) is 3.32. The van der Waals surface area contributed by atoms with E-state index in [-0.39, 0.29) is 16.9 Å². The van der Waals surface area contributed by atoms with E-state index in [0.29, 0.717) is 22.3 Å². The van der Waals surface area contributed by atoms with Crippen LogP contribution in [0.5, 0.6) is 11.5 Å². The van der Waals surface area contributed by atoms with Gasteiger partial charge in [-0.05, 0) is 53.8 Å². The molecule has 1 N–H and O–H groups in total. The molecule has 1 aliphatic heterocycles. The molecule has 0 radical (unpaired) electrons. The topological polar surface area (TPSA) is 111 Å². The molecule has 1 aromatic heterocycles. The number of nitrogens with one attached hydrogen (secondary N) is 1. The lowest BCUT2D eigenvalue weighted by molar-refractivity contribution is -0.122. The van der Waals surface area contributed by atoms with Gasteiger partial charge in [0.25, 0.3) is 15.9 Å². The molecule has 2 aromatic carbocycles. The summed E-state index contributed by atoms with van der Waals surface area (Å²) in [6.45, 7) is 8.02. The van der Waals surface area contributed by atoms with E-state index in [4.69, 9.17) is 9.47 Å².